The number of amides is 1. The van der Waals surface area contributed by atoms with Crippen LogP contribution in [-0.4, -0.2) is 80.6 Å². The number of fused-ring (bicyclic) bond motifs is 2. The van der Waals surface area contributed by atoms with Crippen molar-refractivity contribution < 1.29 is 48.6 Å². The average molecular weight is 871 g/mol. The van der Waals surface area contributed by atoms with Crippen LogP contribution in [0.1, 0.15) is 90.5 Å². The van der Waals surface area contributed by atoms with Gasteiger partial charge >= 0.3 is 6.09 Å². The third-order valence-electron chi connectivity index (χ3n) is 11.7. The number of allylic oxidation sites excluding steroid dienone is 1. The molecule has 16 heteroatoms. The Bertz CT molecular complexity index is 2170. The number of nitro groups is 2. The van der Waals surface area contributed by atoms with E-state index in [1.54, 1.807) is 35.2 Å². The molecule has 2 aliphatic carbocycles. The van der Waals surface area contributed by atoms with Crippen LogP contribution in [0, 0.1) is 38.0 Å². The van der Waals surface area contributed by atoms with Crippen molar-refractivity contribution in [2.24, 2.45) is 22.9 Å². The predicted molar refractivity (Wildman–Crippen MR) is 235 cm³/mol. The van der Waals surface area contributed by atoms with Crippen molar-refractivity contribution in [1.82, 2.24) is 4.90 Å². The van der Waals surface area contributed by atoms with Crippen LogP contribution in [0.2, 0.25) is 0 Å². The zero-order valence-corrected chi connectivity index (χ0v) is 36.4. The maximum Gasteiger partial charge on any atom is 0.415 e. The van der Waals surface area contributed by atoms with Crippen molar-refractivity contribution in [3.8, 4) is 23.0 Å². The Morgan fingerprint density at radius 2 is 1.63 bits per heavy atom. The minimum Gasteiger partial charge on any atom is -0.459 e. The topological polar surface area (TPSA) is 206 Å². The van der Waals surface area contributed by atoms with Gasteiger partial charge in [-0.05, 0) is 107 Å². The number of unbranched alkanes of at least 4 members (excludes halogenated alkanes) is 2. The summed E-state index contributed by atoms with van der Waals surface area (Å²) in [4.78, 5) is 44.4. The molecule has 338 valence electrons. The number of nitrogens with zero attached hydrogens (tertiary/aromatic N) is 4. The molecule has 0 spiro atoms. The van der Waals surface area contributed by atoms with Crippen molar-refractivity contribution >= 4 is 23.2 Å². The number of benzene rings is 3. The number of nitro benzene ring substituents is 2. The van der Waals surface area contributed by atoms with Crippen LogP contribution in [0.15, 0.2) is 96.2 Å². The van der Waals surface area contributed by atoms with Gasteiger partial charge in [0.25, 0.3) is 11.4 Å². The molecule has 0 saturated heterocycles. The van der Waals surface area contributed by atoms with E-state index in [0.717, 1.165) is 24.0 Å². The summed E-state index contributed by atoms with van der Waals surface area (Å²) < 4.78 is 26.5. The van der Waals surface area contributed by atoms with Gasteiger partial charge in [0.1, 0.15) is 34.6 Å². The molecule has 0 unspecified atom stereocenters. The zero-order valence-electron chi connectivity index (χ0n) is 36.4. The summed E-state index contributed by atoms with van der Waals surface area (Å²) in [6.45, 7) is 12.0. The van der Waals surface area contributed by atoms with Crippen molar-refractivity contribution in [2.45, 2.75) is 102 Å². The molecule has 1 saturated carbocycles. The molecule has 1 amide bonds. The van der Waals surface area contributed by atoms with E-state index in [1.807, 2.05) is 33.8 Å². The highest BCUT2D eigenvalue weighted by Gasteiger charge is 2.65. The third-order valence-corrected chi connectivity index (χ3v) is 11.7. The highest BCUT2D eigenvalue weighted by Crippen LogP contribution is 2.62. The van der Waals surface area contributed by atoms with Gasteiger partial charge in [-0.1, -0.05) is 43.1 Å². The Morgan fingerprint density at radius 1 is 0.952 bits per heavy atom. The van der Waals surface area contributed by atoms with E-state index in [9.17, 15) is 35.2 Å². The molecule has 0 bridgehead atoms. The SMILES string of the molecule is C=CCO[C@@]12Oc3ccc(Oc4cccc([N+](=O)[O-])c4)cc3[C@H]3[C@H](CCCCO)[C@@H](CCCCO)C=C(C(=NOC(C)(C)C)C[C@@H]1N(CCC)C(=O)Oc1ccc([N+](=O)[O-])cc1)[C@H]32. The van der Waals surface area contributed by atoms with E-state index in [1.165, 1.54) is 36.4 Å². The van der Waals surface area contributed by atoms with E-state index in [0.29, 0.717) is 49.3 Å². The molecule has 1 aliphatic heterocycles. The van der Waals surface area contributed by atoms with Crippen LogP contribution in [0.3, 0.4) is 0 Å². The normalized spacial score (nSPS) is 23.0. The summed E-state index contributed by atoms with van der Waals surface area (Å²) >= 11 is 0. The molecule has 3 aromatic carbocycles. The lowest BCUT2D eigenvalue weighted by molar-refractivity contribution is -0.385. The molecule has 6 atom stereocenters. The van der Waals surface area contributed by atoms with Gasteiger partial charge < -0.3 is 34.0 Å². The van der Waals surface area contributed by atoms with Crippen molar-refractivity contribution in [2.75, 3.05) is 26.4 Å². The number of aliphatic hydroxyl groups is 2. The number of rotatable bonds is 20. The molecular weight excluding hydrogens is 813 g/mol. The van der Waals surface area contributed by atoms with Crippen LogP contribution in [0.5, 0.6) is 23.0 Å². The number of hydrogen-bond acceptors (Lipinski definition) is 13. The fraction of sp³-hybridized carbons (Fsp3) is 0.489. The first-order chi connectivity index (χ1) is 30.2. The first-order valence-electron chi connectivity index (χ1n) is 21.6. The molecule has 0 radical (unpaired) electrons. The van der Waals surface area contributed by atoms with E-state index in [4.69, 9.17) is 28.9 Å². The Morgan fingerprint density at radius 3 is 2.29 bits per heavy atom. The average Bonchev–Trinajstić information content (AvgIpc) is 3.25. The van der Waals surface area contributed by atoms with Gasteiger partial charge in [0.05, 0.1) is 34.1 Å². The molecule has 1 heterocycles. The molecule has 63 heavy (non-hydrogen) atoms. The highest BCUT2D eigenvalue weighted by atomic mass is 16.7. The number of oxime groups is 1. The molecule has 0 aromatic heterocycles. The minimum absolute atomic E-state index is 0.0221. The number of aliphatic hydroxyl groups excluding tert-OH is 2. The summed E-state index contributed by atoms with van der Waals surface area (Å²) in [5.74, 6) is -1.31. The Hall–Kier alpha value is -5.84. The smallest absolute Gasteiger partial charge is 0.415 e. The van der Waals surface area contributed by atoms with Crippen LogP contribution in [-0.2, 0) is 9.57 Å². The second-order valence-electron chi connectivity index (χ2n) is 17.1. The number of non-ortho nitro benzene ring substituents is 2. The van der Waals surface area contributed by atoms with Crippen LogP contribution in [0.25, 0.3) is 0 Å². The number of hydrogen-bond donors (Lipinski definition) is 2. The molecule has 3 aromatic rings. The van der Waals surface area contributed by atoms with Gasteiger partial charge in [-0.3, -0.25) is 25.1 Å². The molecule has 1 fully saturated rings. The van der Waals surface area contributed by atoms with Crippen molar-refractivity contribution in [3.05, 3.63) is 117 Å². The largest absolute Gasteiger partial charge is 0.459 e. The van der Waals surface area contributed by atoms with Gasteiger partial charge in [0.15, 0.2) is 0 Å². The molecule has 2 N–H and O–H groups in total. The van der Waals surface area contributed by atoms with E-state index >= 15 is 0 Å². The Balaban J connectivity index is 1.58. The summed E-state index contributed by atoms with van der Waals surface area (Å²) in [7, 11) is 0. The fourth-order valence-electron chi connectivity index (χ4n) is 9.11. The van der Waals surface area contributed by atoms with E-state index < -0.39 is 39.3 Å². The van der Waals surface area contributed by atoms with Gasteiger partial charge in [0.2, 0.25) is 5.79 Å². The lowest BCUT2D eigenvalue weighted by Gasteiger charge is -2.60. The summed E-state index contributed by atoms with van der Waals surface area (Å²) in [6.07, 6.45) is 7.93. The second kappa shape index (κ2) is 20.6. The first-order valence-corrected chi connectivity index (χ1v) is 21.6. The van der Waals surface area contributed by atoms with Crippen LogP contribution in [0.4, 0.5) is 16.2 Å². The summed E-state index contributed by atoms with van der Waals surface area (Å²) in [6, 6.07) is 15.8. The van der Waals surface area contributed by atoms with Gasteiger partial charge in [-0.25, -0.2) is 4.79 Å². The lowest BCUT2D eigenvalue weighted by Crippen LogP contribution is -2.70. The quantitative estimate of drug-likeness (QED) is 0.0471. The third kappa shape index (κ3) is 10.7. The summed E-state index contributed by atoms with van der Waals surface area (Å²) in [5.41, 5.74) is 1.31. The molecule has 3 aliphatic rings. The van der Waals surface area contributed by atoms with Gasteiger partial charge in [-0.2, -0.15) is 0 Å². The van der Waals surface area contributed by atoms with Gasteiger partial charge in [0, 0.05) is 55.9 Å². The number of ether oxygens (including phenoxy) is 4. The molecule has 16 nitrogen and oxygen atoms in total. The van der Waals surface area contributed by atoms with Crippen molar-refractivity contribution in [3.63, 3.8) is 0 Å². The minimum atomic E-state index is -1.56. The van der Waals surface area contributed by atoms with E-state index in [2.05, 4.69) is 12.7 Å². The Labute approximate surface area is 367 Å². The fourth-order valence-corrected chi connectivity index (χ4v) is 9.11. The van der Waals surface area contributed by atoms with E-state index in [-0.39, 0.29) is 73.4 Å². The zero-order chi connectivity index (χ0) is 45.3. The Kier molecular flexibility index (Phi) is 15.2. The lowest BCUT2D eigenvalue weighted by atomic mass is 9.55. The maximum absolute atomic E-state index is 14.6. The van der Waals surface area contributed by atoms with Crippen LogP contribution < -0.4 is 14.2 Å². The van der Waals surface area contributed by atoms with Crippen LogP contribution >= 0.6 is 0 Å². The maximum atomic E-state index is 14.6. The monoisotopic (exact) mass is 870 g/mol. The van der Waals surface area contributed by atoms with Gasteiger partial charge in [-0.15, -0.1) is 6.58 Å². The summed E-state index contributed by atoms with van der Waals surface area (Å²) in [5, 5.41) is 47.7. The molecule has 6 rings (SSSR count). The first kappa shape index (κ1) is 46.7. The molecular formula is C47H58N4O12. The number of carbonyl (C=O) groups excluding carboxylic acids is 1. The van der Waals surface area contributed by atoms with Crippen molar-refractivity contribution in [1.29, 1.82) is 0 Å². The predicted octanol–water partition coefficient (Wildman–Crippen LogP) is 9.64. The standard InChI is InChI=1S/C47H58N4O12/c1-6-23-49(45(54)61-34-19-17-32(18-20-34)50(55)56)42-30-40(48-63-46(3,4)5)38-27-31(13-8-10-24-52)37(16-9-11-25-53)43-39-29-36(60-35-15-12-14-33(28-35)51(57)58)21-22-41(39)62-47(42,44(38)43)59-26-7-2/h7,12,14-15,17-22,27-29,31,37,42-44,52-53H,2,6,8-11,13,16,23-26,30H2,1,3-5H3/t31-,37+,42-,43+,44+,47+/m0/s1. The highest BCUT2D eigenvalue weighted by molar-refractivity contribution is 6.03. The number of carbonyl (C=O) groups is 1. The second-order valence-corrected chi connectivity index (χ2v) is 17.1.